The summed E-state index contributed by atoms with van der Waals surface area (Å²) in [5, 5.41) is 13.1. The summed E-state index contributed by atoms with van der Waals surface area (Å²) in [7, 11) is 0. The molecule has 1 heteroatoms. The van der Waals surface area contributed by atoms with Gasteiger partial charge < -0.3 is 0 Å². The number of rotatable bonds is 4. The molecule has 0 aliphatic heterocycles. The Balaban J connectivity index is 1.14. The molecular formula is C54H33N. The van der Waals surface area contributed by atoms with Crippen molar-refractivity contribution in [2.75, 3.05) is 0 Å². The van der Waals surface area contributed by atoms with E-state index >= 15 is 0 Å². The van der Waals surface area contributed by atoms with Gasteiger partial charge in [-0.3, -0.25) is 0 Å². The van der Waals surface area contributed by atoms with Crippen molar-refractivity contribution in [1.29, 1.82) is 0 Å². The average molecular weight is 696 g/mol. The molecule has 55 heavy (non-hydrogen) atoms. The molecule has 1 nitrogen and oxygen atoms in total. The molecule has 0 bridgehead atoms. The van der Waals surface area contributed by atoms with E-state index in [1.807, 2.05) is 0 Å². The zero-order chi connectivity index (χ0) is 36.3. The standard InChI is InChI=1S/C54H33N/c1-2-13-35(14-3-1)36-25-26-38-27-28-39-30-34-51(55-54(39)41(38)31-29-36)44-32-33-50(43-19-7-6-18-42(43)44)53-48-22-10-8-20-46(48)52(47-21-9-11-23-49(47)53)45-24-12-16-37-15-4-5-17-40(37)45/h1-30,32-34H. The van der Waals surface area contributed by atoms with Crippen molar-refractivity contribution in [3.05, 3.63) is 210 Å². The molecule has 1 aromatic heterocycles. The second-order valence-electron chi connectivity index (χ2n) is 14.3. The Hall–Kier alpha value is -7.31. The molecular weight excluding hydrogens is 663 g/mol. The highest BCUT2D eigenvalue weighted by Crippen LogP contribution is 2.47. The van der Waals surface area contributed by atoms with E-state index in [1.165, 1.54) is 70.9 Å². The lowest BCUT2D eigenvalue weighted by Crippen LogP contribution is -2.24. The molecule has 0 unspecified atom stereocenters. The van der Waals surface area contributed by atoms with Crippen LogP contribution in [0.15, 0.2) is 194 Å². The molecule has 9 aromatic carbocycles. The Morgan fingerprint density at radius 3 is 1.62 bits per heavy atom. The molecule has 11 rings (SSSR count). The summed E-state index contributed by atoms with van der Waals surface area (Å²) in [5.74, 6) is 0. The van der Waals surface area contributed by atoms with Crippen LogP contribution in [0.3, 0.4) is 0 Å². The van der Waals surface area contributed by atoms with Gasteiger partial charge in [0.25, 0.3) is 0 Å². The maximum absolute atomic E-state index is 5.39. The summed E-state index contributed by atoms with van der Waals surface area (Å²) in [6.07, 6.45) is 6.46. The van der Waals surface area contributed by atoms with E-state index in [4.69, 9.17) is 4.98 Å². The van der Waals surface area contributed by atoms with Gasteiger partial charge in [-0.1, -0.05) is 188 Å². The van der Waals surface area contributed by atoms with Crippen LogP contribution in [-0.2, 0) is 0 Å². The van der Waals surface area contributed by atoms with Crippen LogP contribution in [0, 0.1) is 0 Å². The first-order valence-corrected chi connectivity index (χ1v) is 18.9. The van der Waals surface area contributed by atoms with E-state index in [0.717, 1.165) is 38.2 Å². The van der Waals surface area contributed by atoms with Crippen LogP contribution in [0.1, 0.15) is 5.56 Å². The van der Waals surface area contributed by atoms with Gasteiger partial charge in [0.2, 0.25) is 0 Å². The van der Waals surface area contributed by atoms with E-state index in [1.54, 1.807) is 0 Å². The number of allylic oxidation sites excluding steroid dienone is 3. The number of aromatic nitrogens is 1. The quantitative estimate of drug-likeness (QED) is 0.167. The van der Waals surface area contributed by atoms with Crippen molar-refractivity contribution < 1.29 is 0 Å². The maximum Gasteiger partial charge on any atom is 0.0865 e. The minimum Gasteiger partial charge on any atom is -0.246 e. The predicted molar refractivity (Wildman–Crippen MR) is 234 cm³/mol. The van der Waals surface area contributed by atoms with Gasteiger partial charge in [-0.05, 0) is 93.8 Å². The highest BCUT2D eigenvalue weighted by molar-refractivity contribution is 6.25. The summed E-state index contributed by atoms with van der Waals surface area (Å²) < 4.78 is 0. The molecule has 0 atom stereocenters. The fraction of sp³-hybridized carbons (Fsp3) is 0. The van der Waals surface area contributed by atoms with Gasteiger partial charge in [0.15, 0.2) is 0 Å². The zero-order valence-corrected chi connectivity index (χ0v) is 30.0. The van der Waals surface area contributed by atoms with Crippen molar-refractivity contribution in [1.82, 2.24) is 4.98 Å². The van der Waals surface area contributed by atoms with Crippen LogP contribution >= 0.6 is 0 Å². The Morgan fingerprint density at radius 1 is 0.364 bits per heavy atom. The SMILES string of the molecule is C1=CC(c2ccccc2)=CC=c2ccc3ccc(-c4ccc(-c5c6ccccc6c(-c6cccc7ccccc67)c6ccccc56)c5ccccc45)nc3c2=1. The molecule has 0 radical (unpaired) electrons. The van der Waals surface area contributed by atoms with E-state index in [9.17, 15) is 0 Å². The number of fused-ring (bicyclic) bond motifs is 7. The average Bonchev–Trinajstić information content (AvgIpc) is 3.49. The number of hydrogen-bond donors (Lipinski definition) is 0. The van der Waals surface area contributed by atoms with Crippen molar-refractivity contribution >= 4 is 71.4 Å². The molecule has 0 spiro atoms. The molecule has 254 valence electrons. The zero-order valence-electron chi connectivity index (χ0n) is 30.0. The Labute approximate surface area is 318 Å². The van der Waals surface area contributed by atoms with E-state index in [2.05, 4.69) is 206 Å². The van der Waals surface area contributed by atoms with Gasteiger partial charge in [0.1, 0.15) is 0 Å². The highest BCUT2D eigenvalue weighted by Gasteiger charge is 2.20. The largest absolute Gasteiger partial charge is 0.246 e. The van der Waals surface area contributed by atoms with Gasteiger partial charge in [0, 0.05) is 10.9 Å². The van der Waals surface area contributed by atoms with Crippen LogP contribution in [0.25, 0.3) is 105 Å². The number of benzene rings is 9. The Bertz CT molecular complexity index is 3340. The van der Waals surface area contributed by atoms with Gasteiger partial charge in [-0.25, -0.2) is 4.98 Å². The van der Waals surface area contributed by atoms with Gasteiger partial charge in [0.05, 0.1) is 16.4 Å². The minimum atomic E-state index is 0.951. The van der Waals surface area contributed by atoms with Crippen molar-refractivity contribution in [2.24, 2.45) is 0 Å². The third-order valence-corrected chi connectivity index (χ3v) is 11.3. The lowest BCUT2D eigenvalue weighted by atomic mass is 9.83. The lowest BCUT2D eigenvalue weighted by Gasteiger charge is -2.20. The fourth-order valence-corrected chi connectivity index (χ4v) is 8.73. The smallest absolute Gasteiger partial charge is 0.0865 e. The Kier molecular flexibility index (Phi) is 7.20. The third-order valence-electron chi connectivity index (χ3n) is 11.3. The van der Waals surface area contributed by atoms with Crippen molar-refractivity contribution in [2.45, 2.75) is 0 Å². The summed E-state index contributed by atoms with van der Waals surface area (Å²) in [4.78, 5) is 5.39. The molecule has 0 saturated heterocycles. The first-order valence-electron chi connectivity index (χ1n) is 18.9. The molecule has 1 heterocycles. The van der Waals surface area contributed by atoms with Crippen LogP contribution in [0.2, 0.25) is 0 Å². The minimum absolute atomic E-state index is 0.951. The summed E-state index contributed by atoms with van der Waals surface area (Å²) in [5.41, 5.74) is 14.0. The number of nitrogens with zero attached hydrogens (tertiary/aromatic N) is 1. The van der Waals surface area contributed by atoms with E-state index in [-0.39, 0.29) is 0 Å². The van der Waals surface area contributed by atoms with Crippen LogP contribution in [0.4, 0.5) is 0 Å². The maximum atomic E-state index is 5.39. The van der Waals surface area contributed by atoms with Crippen molar-refractivity contribution in [3.63, 3.8) is 0 Å². The van der Waals surface area contributed by atoms with E-state index < -0.39 is 0 Å². The topological polar surface area (TPSA) is 12.9 Å². The first kappa shape index (κ1) is 31.2. The summed E-state index contributed by atoms with van der Waals surface area (Å²) in [6.45, 7) is 0. The number of pyridine rings is 1. The monoisotopic (exact) mass is 695 g/mol. The molecule has 0 saturated carbocycles. The normalized spacial score (nSPS) is 12.4. The summed E-state index contributed by atoms with van der Waals surface area (Å²) >= 11 is 0. The molecule has 0 amide bonds. The lowest BCUT2D eigenvalue weighted by molar-refractivity contribution is 1.38. The molecule has 0 N–H and O–H groups in total. The van der Waals surface area contributed by atoms with Crippen LogP contribution in [-0.4, -0.2) is 4.98 Å². The third kappa shape index (κ3) is 5.06. The second kappa shape index (κ2) is 12.7. The number of hydrogen-bond acceptors (Lipinski definition) is 1. The predicted octanol–water partition coefficient (Wildman–Crippen LogP) is 12.7. The fourth-order valence-electron chi connectivity index (χ4n) is 8.73. The van der Waals surface area contributed by atoms with Crippen molar-refractivity contribution in [3.8, 4) is 33.5 Å². The van der Waals surface area contributed by atoms with Crippen LogP contribution in [0.5, 0.6) is 0 Å². The highest BCUT2D eigenvalue weighted by atomic mass is 14.7. The van der Waals surface area contributed by atoms with E-state index in [0.29, 0.717) is 0 Å². The van der Waals surface area contributed by atoms with Gasteiger partial charge in [-0.15, -0.1) is 5.73 Å². The first-order chi connectivity index (χ1) is 27.3. The second-order valence-corrected chi connectivity index (χ2v) is 14.3. The molecule has 1 aliphatic carbocycles. The van der Waals surface area contributed by atoms with Gasteiger partial charge in [-0.2, -0.15) is 0 Å². The molecule has 10 aromatic rings. The van der Waals surface area contributed by atoms with Gasteiger partial charge >= 0.3 is 0 Å². The summed E-state index contributed by atoms with van der Waals surface area (Å²) in [6, 6.07) is 65.9. The Morgan fingerprint density at radius 2 is 0.909 bits per heavy atom. The van der Waals surface area contributed by atoms with Crippen LogP contribution < -0.4 is 10.4 Å². The molecule has 1 aliphatic rings. The molecule has 0 fully saturated rings.